The largest absolute Gasteiger partial charge is 0.402 e. The van der Waals surface area contributed by atoms with Crippen LogP contribution in [0.2, 0.25) is 0 Å². The van der Waals surface area contributed by atoms with Crippen LogP contribution in [-0.4, -0.2) is 30.5 Å². The van der Waals surface area contributed by atoms with Gasteiger partial charge in [0.15, 0.2) is 0 Å². The van der Waals surface area contributed by atoms with Gasteiger partial charge in [-0.2, -0.15) is 0 Å². The van der Waals surface area contributed by atoms with Crippen LogP contribution in [0, 0.1) is 5.92 Å². The van der Waals surface area contributed by atoms with Crippen molar-refractivity contribution in [3.8, 4) is 0 Å². The predicted molar refractivity (Wildman–Crippen MR) is 88.4 cm³/mol. The monoisotopic (exact) mass is 313 g/mol. The molecule has 0 radical (unpaired) electrons. The minimum absolute atomic E-state index is 0.0654. The summed E-state index contributed by atoms with van der Waals surface area (Å²) in [5.41, 5.74) is 14.1. The van der Waals surface area contributed by atoms with Crippen molar-refractivity contribution in [3.05, 3.63) is 36.2 Å². The van der Waals surface area contributed by atoms with E-state index in [2.05, 4.69) is 24.1 Å². The Kier molecular flexibility index (Phi) is 7.07. The molecule has 0 saturated heterocycles. The molecule has 126 valence electrons. The molecule has 0 aromatic carbocycles. The summed E-state index contributed by atoms with van der Waals surface area (Å²) in [7, 11) is 0. The van der Waals surface area contributed by atoms with Crippen molar-refractivity contribution in [2.45, 2.75) is 45.0 Å². The fraction of sp³-hybridized carbons (Fsp3) is 0.647. The maximum atomic E-state index is 12.9. The number of hydrogen-bond acceptors (Lipinski definition) is 3. The molecule has 1 atom stereocenters. The maximum Gasteiger partial charge on any atom is 0.245 e. The Morgan fingerprint density at radius 2 is 2.14 bits per heavy atom. The van der Waals surface area contributed by atoms with Crippen LogP contribution in [0.1, 0.15) is 39.0 Å². The Balaban J connectivity index is 2.64. The van der Waals surface area contributed by atoms with Crippen molar-refractivity contribution < 1.29 is 8.78 Å². The first-order chi connectivity index (χ1) is 10.2. The van der Waals surface area contributed by atoms with Crippen molar-refractivity contribution in [2.24, 2.45) is 17.4 Å². The molecule has 22 heavy (non-hydrogen) atoms. The molecular formula is C17H29F2N3. The van der Waals surface area contributed by atoms with Crippen molar-refractivity contribution >= 4 is 0 Å². The van der Waals surface area contributed by atoms with E-state index in [1.54, 1.807) is 0 Å². The Bertz CT molecular complexity index is 424. The molecular weight excluding hydrogens is 284 g/mol. The first-order valence-corrected chi connectivity index (χ1v) is 7.84. The van der Waals surface area contributed by atoms with Crippen LogP contribution in [0.5, 0.6) is 0 Å². The summed E-state index contributed by atoms with van der Waals surface area (Å²) in [5.74, 6) is -2.32. The zero-order valence-electron chi connectivity index (χ0n) is 13.6. The zero-order chi connectivity index (χ0) is 16.8. The van der Waals surface area contributed by atoms with E-state index in [0.29, 0.717) is 25.1 Å². The number of alkyl halides is 2. The van der Waals surface area contributed by atoms with Gasteiger partial charge in [0.2, 0.25) is 5.92 Å². The lowest BCUT2D eigenvalue weighted by atomic mass is 9.92. The van der Waals surface area contributed by atoms with E-state index in [0.717, 1.165) is 38.6 Å². The van der Waals surface area contributed by atoms with Crippen LogP contribution < -0.4 is 11.5 Å². The van der Waals surface area contributed by atoms with Gasteiger partial charge in [0.25, 0.3) is 0 Å². The van der Waals surface area contributed by atoms with E-state index in [1.807, 2.05) is 0 Å². The number of nitrogens with zero attached hydrogens (tertiary/aromatic N) is 1. The van der Waals surface area contributed by atoms with Crippen molar-refractivity contribution in [2.75, 3.05) is 19.6 Å². The van der Waals surface area contributed by atoms with Gasteiger partial charge in [-0.15, -0.1) is 0 Å². The highest BCUT2D eigenvalue weighted by Crippen LogP contribution is 2.27. The summed E-state index contributed by atoms with van der Waals surface area (Å²) < 4.78 is 25.9. The van der Waals surface area contributed by atoms with E-state index in [-0.39, 0.29) is 12.3 Å². The molecule has 0 fully saturated rings. The lowest BCUT2D eigenvalue weighted by Gasteiger charge is -2.35. The molecule has 0 saturated carbocycles. The van der Waals surface area contributed by atoms with Crippen LogP contribution in [0.4, 0.5) is 8.78 Å². The second-order valence-corrected chi connectivity index (χ2v) is 6.37. The average Bonchev–Trinajstić information content (AvgIpc) is 2.36. The molecule has 1 aliphatic heterocycles. The maximum absolute atomic E-state index is 12.9. The van der Waals surface area contributed by atoms with E-state index in [1.165, 1.54) is 5.57 Å². The van der Waals surface area contributed by atoms with Crippen LogP contribution >= 0.6 is 0 Å². The van der Waals surface area contributed by atoms with E-state index >= 15 is 0 Å². The molecule has 1 heterocycles. The third-order valence-electron chi connectivity index (χ3n) is 3.85. The number of nitrogens with two attached hydrogens (primary N) is 2. The van der Waals surface area contributed by atoms with E-state index in [9.17, 15) is 8.78 Å². The summed E-state index contributed by atoms with van der Waals surface area (Å²) in [5, 5.41) is 0. The van der Waals surface area contributed by atoms with E-state index in [4.69, 9.17) is 11.5 Å². The quantitative estimate of drug-likeness (QED) is 0.642. The Hall–Kier alpha value is -1.36. The molecule has 5 heteroatoms. The SMILES string of the molecule is C=C(N)CC(=C)N1CC(CCN)=CC(CCCC(C)(F)F)C1. The van der Waals surface area contributed by atoms with Gasteiger partial charge in [-0.3, -0.25) is 0 Å². The highest BCUT2D eigenvalue weighted by Gasteiger charge is 2.24. The molecule has 0 bridgehead atoms. The van der Waals surface area contributed by atoms with Crippen LogP contribution in [0.3, 0.4) is 0 Å². The molecule has 0 spiro atoms. The van der Waals surface area contributed by atoms with Crippen LogP contribution in [0.15, 0.2) is 36.2 Å². The van der Waals surface area contributed by atoms with Gasteiger partial charge in [-0.25, -0.2) is 8.78 Å². The van der Waals surface area contributed by atoms with Gasteiger partial charge in [0.1, 0.15) is 0 Å². The van der Waals surface area contributed by atoms with Gasteiger partial charge in [-0.05, 0) is 38.6 Å². The number of rotatable bonds is 9. The molecule has 0 aromatic heterocycles. The predicted octanol–water partition coefficient (Wildman–Crippen LogP) is 3.40. The Labute approximate surface area is 132 Å². The smallest absolute Gasteiger partial charge is 0.245 e. The second-order valence-electron chi connectivity index (χ2n) is 6.37. The molecule has 4 N–H and O–H groups in total. The standard InChI is InChI=1S/C17H29F2N3/c1-13(21)9-14(2)22-11-15(5-4-7-17(3,18)19)10-16(12-22)6-8-20/h10,15H,1-2,4-9,11-12,20-21H2,3H3. The first-order valence-electron chi connectivity index (χ1n) is 7.84. The summed E-state index contributed by atoms with van der Waals surface area (Å²) >= 11 is 0. The van der Waals surface area contributed by atoms with Gasteiger partial charge >= 0.3 is 0 Å². The highest BCUT2D eigenvalue weighted by atomic mass is 19.3. The molecule has 0 aromatic rings. The molecule has 1 rings (SSSR count). The Morgan fingerprint density at radius 3 is 2.68 bits per heavy atom. The number of hydrogen-bond donors (Lipinski definition) is 2. The molecule has 1 unspecified atom stereocenters. The summed E-state index contributed by atoms with van der Waals surface area (Å²) in [6.45, 7) is 11.0. The zero-order valence-corrected chi connectivity index (χ0v) is 13.6. The van der Waals surface area contributed by atoms with Crippen LogP contribution in [-0.2, 0) is 0 Å². The highest BCUT2D eigenvalue weighted by molar-refractivity contribution is 5.17. The fourth-order valence-electron chi connectivity index (χ4n) is 2.84. The van der Waals surface area contributed by atoms with Crippen molar-refractivity contribution in [3.63, 3.8) is 0 Å². The third kappa shape index (κ3) is 7.07. The van der Waals surface area contributed by atoms with Gasteiger partial charge in [0, 0.05) is 37.3 Å². The lowest BCUT2D eigenvalue weighted by Crippen LogP contribution is -2.35. The fourth-order valence-corrected chi connectivity index (χ4v) is 2.84. The first kappa shape index (κ1) is 18.7. The second kappa shape index (κ2) is 8.32. The topological polar surface area (TPSA) is 55.3 Å². The van der Waals surface area contributed by atoms with Crippen molar-refractivity contribution in [1.82, 2.24) is 4.90 Å². The minimum atomic E-state index is -2.58. The van der Waals surface area contributed by atoms with Gasteiger partial charge in [-0.1, -0.05) is 24.8 Å². The minimum Gasteiger partial charge on any atom is -0.402 e. The molecule has 0 aliphatic carbocycles. The lowest BCUT2D eigenvalue weighted by molar-refractivity contribution is 0.00952. The average molecular weight is 313 g/mol. The van der Waals surface area contributed by atoms with Gasteiger partial charge < -0.3 is 16.4 Å². The molecule has 1 aliphatic rings. The third-order valence-corrected chi connectivity index (χ3v) is 3.85. The van der Waals surface area contributed by atoms with Gasteiger partial charge in [0.05, 0.1) is 0 Å². The molecule has 0 amide bonds. The van der Waals surface area contributed by atoms with Crippen molar-refractivity contribution in [1.29, 1.82) is 0 Å². The summed E-state index contributed by atoms with van der Waals surface area (Å²) in [6, 6.07) is 0. The summed E-state index contributed by atoms with van der Waals surface area (Å²) in [6.07, 6.45) is 4.81. The summed E-state index contributed by atoms with van der Waals surface area (Å²) in [4.78, 5) is 2.18. The normalized spacial score (nSPS) is 19.0. The molecule has 3 nitrogen and oxygen atoms in total. The van der Waals surface area contributed by atoms with Crippen LogP contribution in [0.25, 0.3) is 0 Å². The Morgan fingerprint density at radius 1 is 1.45 bits per heavy atom. The van der Waals surface area contributed by atoms with E-state index < -0.39 is 5.92 Å². The number of halogens is 2.